The monoisotopic (exact) mass is 290 g/mol. The number of carbonyl (C=O) groups is 3. The number of nitrogens with zero attached hydrogens (tertiary/aromatic N) is 1. The van der Waals surface area contributed by atoms with E-state index in [1.165, 1.54) is 12.1 Å². The normalized spacial score (nSPS) is 21.0. The summed E-state index contributed by atoms with van der Waals surface area (Å²) in [6, 6.07) is 3.34. The fraction of sp³-hybridized carbons (Fsp3) is 0.400. The van der Waals surface area contributed by atoms with E-state index in [0.29, 0.717) is 18.4 Å². The molecule has 0 unspecified atom stereocenters. The largest absolute Gasteiger partial charge is 0.335 e. The van der Waals surface area contributed by atoms with Crippen LogP contribution >= 0.6 is 0 Å². The molecule has 6 heteroatoms. The molecule has 1 aliphatic heterocycles. The first-order chi connectivity index (χ1) is 9.95. The Morgan fingerprint density at radius 2 is 1.86 bits per heavy atom. The van der Waals surface area contributed by atoms with Crippen LogP contribution in [0.1, 0.15) is 31.2 Å². The van der Waals surface area contributed by atoms with Crippen molar-refractivity contribution in [2.24, 2.45) is 5.41 Å². The maximum Gasteiger partial charge on any atom is 0.335 e. The van der Waals surface area contributed by atoms with Gasteiger partial charge in [0.05, 0.1) is 5.69 Å². The highest BCUT2D eigenvalue weighted by Gasteiger charge is 2.55. The van der Waals surface area contributed by atoms with Crippen LogP contribution in [-0.4, -0.2) is 17.8 Å². The predicted octanol–water partition coefficient (Wildman–Crippen LogP) is 2.28. The first kappa shape index (κ1) is 13.7. The van der Waals surface area contributed by atoms with Crippen LogP contribution in [0.3, 0.4) is 0 Å². The predicted molar refractivity (Wildman–Crippen MR) is 73.1 cm³/mol. The molecule has 3 rings (SSSR count). The van der Waals surface area contributed by atoms with Crippen LogP contribution in [0, 0.1) is 18.2 Å². The van der Waals surface area contributed by atoms with Crippen molar-refractivity contribution in [2.75, 3.05) is 4.90 Å². The van der Waals surface area contributed by atoms with Gasteiger partial charge < -0.3 is 0 Å². The highest BCUT2D eigenvalue weighted by atomic mass is 19.1. The van der Waals surface area contributed by atoms with Gasteiger partial charge in [-0.15, -0.1) is 0 Å². The zero-order chi connectivity index (χ0) is 15.2. The van der Waals surface area contributed by atoms with E-state index in [2.05, 4.69) is 5.32 Å². The molecule has 0 atom stereocenters. The number of barbiturate groups is 1. The summed E-state index contributed by atoms with van der Waals surface area (Å²) in [5, 5.41) is 2.23. The van der Waals surface area contributed by atoms with Crippen LogP contribution in [0.2, 0.25) is 0 Å². The Labute approximate surface area is 121 Å². The molecule has 1 saturated carbocycles. The van der Waals surface area contributed by atoms with Crippen LogP contribution in [-0.2, 0) is 9.59 Å². The first-order valence-electron chi connectivity index (χ1n) is 6.92. The highest BCUT2D eigenvalue weighted by Crippen LogP contribution is 2.42. The number of hydrogen-bond acceptors (Lipinski definition) is 3. The van der Waals surface area contributed by atoms with Crippen molar-refractivity contribution in [3.05, 3.63) is 29.6 Å². The van der Waals surface area contributed by atoms with Gasteiger partial charge in [-0.1, -0.05) is 18.9 Å². The molecular formula is C15H15FN2O3. The van der Waals surface area contributed by atoms with Crippen molar-refractivity contribution in [1.82, 2.24) is 5.32 Å². The van der Waals surface area contributed by atoms with E-state index in [-0.39, 0.29) is 5.69 Å². The van der Waals surface area contributed by atoms with Gasteiger partial charge in [0.25, 0.3) is 5.91 Å². The molecule has 21 heavy (non-hydrogen) atoms. The lowest BCUT2D eigenvalue weighted by Crippen LogP contribution is -2.63. The van der Waals surface area contributed by atoms with Gasteiger partial charge in [0.15, 0.2) is 0 Å². The molecule has 4 amide bonds. The van der Waals surface area contributed by atoms with Crippen molar-refractivity contribution in [3.63, 3.8) is 0 Å². The third-order valence-electron chi connectivity index (χ3n) is 4.34. The molecule has 110 valence electrons. The number of imide groups is 2. The number of nitrogens with one attached hydrogen (secondary N) is 1. The van der Waals surface area contributed by atoms with Crippen molar-refractivity contribution >= 4 is 23.5 Å². The molecule has 1 aromatic rings. The fourth-order valence-corrected chi connectivity index (χ4v) is 3.05. The van der Waals surface area contributed by atoms with E-state index in [1.807, 2.05) is 0 Å². The lowest BCUT2D eigenvalue weighted by molar-refractivity contribution is -0.142. The van der Waals surface area contributed by atoms with Crippen LogP contribution in [0.15, 0.2) is 18.2 Å². The van der Waals surface area contributed by atoms with Crippen molar-refractivity contribution < 1.29 is 18.8 Å². The summed E-state index contributed by atoms with van der Waals surface area (Å²) in [6.07, 6.45) is 2.39. The number of carbonyl (C=O) groups excluding carboxylic acids is 3. The minimum Gasteiger partial charge on any atom is -0.276 e. The Morgan fingerprint density at radius 1 is 1.19 bits per heavy atom. The van der Waals surface area contributed by atoms with Crippen LogP contribution in [0.25, 0.3) is 0 Å². The van der Waals surface area contributed by atoms with Gasteiger partial charge in [0, 0.05) is 0 Å². The molecule has 1 saturated heterocycles. The van der Waals surface area contributed by atoms with Gasteiger partial charge in [-0.05, 0) is 37.5 Å². The zero-order valence-corrected chi connectivity index (χ0v) is 11.6. The summed E-state index contributed by atoms with van der Waals surface area (Å²) in [5.74, 6) is -1.57. The second-order valence-electron chi connectivity index (χ2n) is 5.62. The van der Waals surface area contributed by atoms with Gasteiger partial charge in [0.2, 0.25) is 5.91 Å². The van der Waals surface area contributed by atoms with E-state index in [0.717, 1.165) is 23.8 Å². The fourth-order valence-electron chi connectivity index (χ4n) is 3.05. The summed E-state index contributed by atoms with van der Waals surface area (Å²) in [6.45, 7) is 1.60. The Balaban J connectivity index is 2.04. The van der Waals surface area contributed by atoms with E-state index in [1.54, 1.807) is 6.92 Å². The van der Waals surface area contributed by atoms with Crippen molar-refractivity contribution in [2.45, 2.75) is 32.6 Å². The van der Waals surface area contributed by atoms with Crippen molar-refractivity contribution in [1.29, 1.82) is 0 Å². The van der Waals surface area contributed by atoms with Gasteiger partial charge in [0.1, 0.15) is 11.2 Å². The third-order valence-corrected chi connectivity index (χ3v) is 4.34. The standard InChI is InChI=1S/C15H15FN2O3/c1-9-4-5-10(8-11(9)16)18-13(20)15(6-2-3-7-15)12(19)17-14(18)21/h4-5,8H,2-3,6-7H2,1H3,(H,17,19,21). The minimum absolute atomic E-state index is 0.152. The third kappa shape index (κ3) is 1.93. The number of hydrogen-bond donors (Lipinski definition) is 1. The summed E-state index contributed by atoms with van der Waals surface area (Å²) >= 11 is 0. The number of aryl methyl sites for hydroxylation is 1. The Bertz CT molecular complexity index is 650. The van der Waals surface area contributed by atoms with Gasteiger partial charge >= 0.3 is 6.03 Å². The molecule has 1 aliphatic carbocycles. The van der Waals surface area contributed by atoms with E-state index < -0.39 is 29.1 Å². The Kier molecular flexibility index (Phi) is 3.04. The lowest BCUT2D eigenvalue weighted by Gasteiger charge is -2.36. The molecule has 5 nitrogen and oxygen atoms in total. The number of anilines is 1. The summed E-state index contributed by atoms with van der Waals surface area (Å²) < 4.78 is 13.7. The average molecular weight is 290 g/mol. The zero-order valence-electron chi connectivity index (χ0n) is 11.6. The molecule has 1 spiro atoms. The molecular weight excluding hydrogens is 275 g/mol. The average Bonchev–Trinajstić information content (AvgIpc) is 2.92. The molecule has 1 N–H and O–H groups in total. The number of rotatable bonds is 1. The van der Waals surface area contributed by atoms with Crippen molar-refractivity contribution in [3.8, 4) is 0 Å². The molecule has 0 aromatic heterocycles. The maximum absolute atomic E-state index is 13.7. The van der Waals surface area contributed by atoms with E-state index >= 15 is 0 Å². The Morgan fingerprint density at radius 3 is 2.48 bits per heavy atom. The lowest BCUT2D eigenvalue weighted by atomic mass is 9.82. The number of benzene rings is 1. The van der Waals surface area contributed by atoms with Crippen LogP contribution < -0.4 is 10.2 Å². The summed E-state index contributed by atoms with van der Waals surface area (Å²) in [7, 11) is 0. The number of amides is 4. The first-order valence-corrected chi connectivity index (χ1v) is 6.92. The summed E-state index contributed by atoms with van der Waals surface area (Å²) in [4.78, 5) is 37.7. The molecule has 1 aromatic carbocycles. The second-order valence-corrected chi connectivity index (χ2v) is 5.62. The second kappa shape index (κ2) is 4.65. The quantitative estimate of drug-likeness (QED) is 0.807. The van der Waals surface area contributed by atoms with E-state index in [9.17, 15) is 18.8 Å². The Hall–Kier alpha value is -2.24. The molecule has 2 aliphatic rings. The topological polar surface area (TPSA) is 66.5 Å². The van der Waals surface area contributed by atoms with Crippen LogP contribution in [0.4, 0.5) is 14.9 Å². The molecule has 0 radical (unpaired) electrons. The van der Waals surface area contributed by atoms with Crippen LogP contribution in [0.5, 0.6) is 0 Å². The number of halogens is 1. The van der Waals surface area contributed by atoms with Gasteiger partial charge in [-0.2, -0.15) is 0 Å². The molecule has 2 fully saturated rings. The van der Waals surface area contributed by atoms with Gasteiger partial charge in [-0.3, -0.25) is 14.9 Å². The van der Waals surface area contributed by atoms with E-state index in [4.69, 9.17) is 0 Å². The maximum atomic E-state index is 13.7. The van der Waals surface area contributed by atoms with Gasteiger partial charge in [-0.25, -0.2) is 14.1 Å². The molecule has 0 bridgehead atoms. The smallest absolute Gasteiger partial charge is 0.276 e. The highest BCUT2D eigenvalue weighted by molar-refractivity contribution is 6.30. The molecule has 1 heterocycles. The minimum atomic E-state index is -1.17. The summed E-state index contributed by atoms with van der Waals surface area (Å²) in [5.41, 5.74) is -0.593. The SMILES string of the molecule is Cc1ccc(N2C(=O)NC(=O)C3(CCCC3)C2=O)cc1F. The number of urea groups is 1.